The van der Waals surface area contributed by atoms with Crippen molar-refractivity contribution in [3.8, 4) is 0 Å². The molecule has 0 spiro atoms. The highest BCUT2D eigenvalue weighted by molar-refractivity contribution is 7.18. The lowest BCUT2D eigenvalue weighted by Crippen LogP contribution is -2.42. The van der Waals surface area contributed by atoms with Gasteiger partial charge in [0, 0.05) is 45.5 Å². The first-order chi connectivity index (χ1) is 21.1. The Labute approximate surface area is 259 Å². The molecule has 0 aliphatic carbocycles. The molecule has 3 heterocycles. The van der Waals surface area contributed by atoms with Gasteiger partial charge in [0.1, 0.15) is 28.1 Å². The largest absolute Gasteiger partial charge is 0.490 e. The van der Waals surface area contributed by atoms with Gasteiger partial charge in [-0.2, -0.15) is 13.2 Å². The molecule has 0 saturated carbocycles. The first kappa shape index (κ1) is 35.1. The molecule has 1 amide bonds. The number of amides is 1. The minimum Gasteiger partial charge on any atom is -0.475 e. The molecule has 17 heteroatoms. The summed E-state index contributed by atoms with van der Waals surface area (Å²) < 4.78 is 59.9. The van der Waals surface area contributed by atoms with Crippen LogP contribution >= 0.6 is 11.3 Å². The van der Waals surface area contributed by atoms with Crippen molar-refractivity contribution >= 4 is 45.8 Å². The van der Waals surface area contributed by atoms with Crippen molar-refractivity contribution < 1.29 is 41.4 Å². The quantitative estimate of drug-likeness (QED) is 0.228. The number of hydrogen-bond donors (Lipinski definition) is 3. The summed E-state index contributed by atoms with van der Waals surface area (Å²) in [5.74, 6) is -4.84. The van der Waals surface area contributed by atoms with Gasteiger partial charge in [-0.05, 0) is 51.2 Å². The minimum absolute atomic E-state index is 0.00333. The molecule has 0 atom stereocenters. The van der Waals surface area contributed by atoms with Crippen molar-refractivity contribution in [2.45, 2.75) is 25.1 Å². The summed E-state index contributed by atoms with van der Waals surface area (Å²) in [5.41, 5.74) is 5.79. The number of piperidine rings is 1. The number of carbonyl (C=O) groups is 3. The van der Waals surface area contributed by atoms with E-state index in [2.05, 4.69) is 20.2 Å². The second kappa shape index (κ2) is 15.1. The number of thiazole rings is 1. The van der Waals surface area contributed by atoms with E-state index in [4.69, 9.17) is 15.6 Å². The maximum Gasteiger partial charge on any atom is 0.490 e. The van der Waals surface area contributed by atoms with Gasteiger partial charge in [0.25, 0.3) is 5.91 Å². The number of nitrogens with one attached hydrogen (secondary N) is 1. The van der Waals surface area contributed by atoms with Crippen LogP contribution in [0, 0.1) is 11.6 Å². The molecule has 4 rings (SSSR count). The molecule has 3 aromatic rings. The Hall–Kier alpha value is -4.38. The maximum absolute atomic E-state index is 14.1. The molecular weight excluding hydrogens is 625 g/mol. The fourth-order valence-corrected chi connectivity index (χ4v) is 5.08. The monoisotopic (exact) mass is 657 g/mol. The number of aliphatic carboxylic acids is 1. The molecule has 45 heavy (non-hydrogen) atoms. The van der Waals surface area contributed by atoms with Gasteiger partial charge in [0.15, 0.2) is 5.13 Å². The Morgan fingerprint density at radius 3 is 2.18 bits per heavy atom. The van der Waals surface area contributed by atoms with Crippen LogP contribution in [0.1, 0.15) is 38.4 Å². The number of pyridine rings is 1. The first-order valence-electron chi connectivity index (χ1n) is 13.5. The van der Waals surface area contributed by atoms with Crippen molar-refractivity contribution in [3.63, 3.8) is 0 Å². The van der Waals surface area contributed by atoms with Crippen molar-refractivity contribution in [1.82, 2.24) is 19.8 Å². The third kappa shape index (κ3) is 9.55. The van der Waals surface area contributed by atoms with Crippen LogP contribution in [0.25, 0.3) is 0 Å². The number of carbonyl (C=O) groups excluding carboxylic acids is 2. The van der Waals surface area contributed by atoms with Crippen LogP contribution in [0.4, 0.5) is 38.7 Å². The lowest BCUT2D eigenvalue weighted by molar-refractivity contribution is -0.192. The molecule has 0 bridgehead atoms. The van der Waals surface area contributed by atoms with Gasteiger partial charge >= 0.3 is 12.1 Å². The highest BCUT2D eigenvalue weighted by Crippen LogP contribution is 2.30. The molecule has 1 aliphatic rings. The number of nitrogen functional groups attached to an aromatic ring is 1. The number of nitrogens with zero attached hydrogens (tertiary/aromatic N) is 5. The minimum atomic E-state index is -5.08. The Kier molecular flexibility index (Phi) is 11.8. The number of anilines is 3. The fourth-order valence-electron chi connectivity index (χ4n) is 4.17. The Morgan fingerprint density at radius 1 is 1.07 bits per heavy atom. The number of nitrogens with two attached hydrogens (primary N) is 1. The topological polar surface area (TPSA) is 145 Å². The second-order valence-corrected chi connectivity index (χ2v) is 11.3. The summed E-state index contributed by atoms with van der Waals surface area (Å²) in [6.07, 6.45) is -2.14. The van der Waals surface area contributed by atoms with Crippen molar-refractivity contribution in [2.24, 2.45) is 0 Å². The molecule has 4 N–H and O–H groups in total. The second-order valence-electron chi connectivity index (χ2n) is 10.3. The number of ketones is 1. The van der Waals surface area contributed by atoms with E-state index in [9.17, 15) is 31.5 Å². The third-order valence-electron chi connectivity index (χ3n) is 6.67. The van der Waals surface area contributed by atoms with E-state index in [1.165, 1.54) is 6.07 Å². The van der Waals surface area contributed by atoms with Crippen LogP contribution in [-0.2, 0) is 4.79 Å². The summed E-state index contributed by atoms with van der Waals surface area (Å²) in [6, 6.07) is 6.91. The Bertz CT molecular complexity index is 1470. The van der Waals surface area contributed by atoms with E-state index in [0.717, 1.165) is 42.4 Å². The summed E-state index contributed by atoms with van der Waals surface area (Å²) in [6.45, 7) is 2.80. The van der Waals surface area contributed by atoms with Crippen LogP contribution in [0.2, 0.25) is 0 Å². The Morgan fingerprint density at radius 2 is 1.67 bits per heavy atom. The number of aromatic nitrogens is 2. The summed E-state index contributed by atoms with van der Waals surface area (Å²) in [4.78, 5) is 49.1. The van der Waals surface area contributed by atoms with Gasteiger partial charge in [-0.15, -0.1) is 0 Å². The number of likely N-dealkylation sites (N-methyl/N-ethyl adjacent to an activating group) is 2. The lowest BCUT2D eigenvalue weighted by atomic mass is 10.0. The zero-order chi connectivity index (χ0) is 33.5. The highest BCUT2D eigenvalue weighted by Gasteiger charge is 2.38. The zero-order valence-corrected chi connectivity index (χ0v) is 25.4. The highest BCUT2D eigenvalue weighted by atomic mass is 32.1. The maximum atomic E-state index is 14.1. The molecule has 11 nitrogen and oxygen atoms in total. The van der Waals surface area contributed by atoms with Crippen molar-refractivity contribution in [2.75, 3.05) is 63.3 Å². The molecule has 1 aliphatic heterocycles. The van der Waals surface area contributed by atoms with Gasteiger partial charge in [0.05, 0.1) is 11.1 Å². The summed E-state index contributed by atoms with van der Waals surface area (Å²) in [5, 5.41) is 10.8. The average molecular weight is 658 g/mol. The first-order valence-corrected chi connectivity index (χ1v) is 14.3. The zero-order valence-electron chi connectivity index (χ0n) is 24.6. The number of halogens is 5. The molecule has 244 valence electrons. The smallest absolute Gasteiger partial charge is 0.475 e. The molecule has 0 radical (unpaired) electrons. The molecule has 0 unspecified atom stereocenters. The molecule has 2 aromatic heterocycles. The van der Waals surface area contributed by atoms with Gasteiger partial charge in [-0.1, -0.05) is 17.4 Å². The standard InChI is InChI=1S/C26H31F2N7O2S.C2HF3O2/c1-33(2)13-14-34(3)20-8-7-16(15-30-20)25(37)35-11-9-17(10-12-35)31-26-32-24(29)23(38-26)22(36)21-18(27)5-4-6-19(21)28;3-2(4,5)1(6)7/h4-8,15,17H,9-14,29H2,1-3H3,(H,31,32);(H,6,7). The predicted octanol–water partition coefficient (Wildman–Crippen LogP) is 3.98. The van der Waals surface area contributed by atoms with Crippen LogP contribution < -0.4 is 16.0 Å². The number of benzene rings is 1. The number of carboxylic acid groups (broad SMARTS) is 1. The van der Waals surface area contributed by atoms with Crippen LogP contribution in [0.3, 0.4) is 0 Å². The van der Waals surface area contributed by atoms with Gasteiger partial charge in [-0.3, -0.25) is 9.59 Å². The van der Waals surface area contributed by atoms with Gasteiger partial charge < -0.3 is 30.9 Å². The normalized spacial score (nSPS) is 13.7. The number of likely N-dealkylation sites (tertiary alicyclic amines) is 1. The SMILES string of the molecule is CN(C)CCN(C)c1ccc(C(=O)N2CCC(Nc3nc(N)c(C(=O)c4c(F)cccc4F)s3)CC2)cn1.O=C(O)C(F)(F)F. The number of rotatable bonds is 9. The van der Waals surface area contributed by atoms with Crippen molar-refractivity contribution in [1.29, 1.82) is 0 Å². The molecule has 1 saturated heterocycles. The van der Waals surface area contributed by atoms with Crippen LogP contribution in [-0.4, -0.2) is 102 Å². The van der Waals surface area contributed by atoms with Gasteiger partial charge in [-0.25, -0.2) is 23.5 Å². The lowest BCUT2D eigenvalue weighted by Gasteiger charge is -2.32. The number of alkyl halides is 3. The molecular formula is C28H32F5N7O4S. The van der Waals surface area contributed by atoms with E-state index < -0.39 is 35.1 Å². The number of carboxylic acids is 1. The fraction of sp³-hybridized carbons (Fsp3) is 0.393. The average Bonchev–Trinajstić information content (AvgIpc) is 3.35. The van der Waals surface area contributed by atoms with E-state index in [1.54, 1.807) is 17.2 Å². The van der Waals surface area contributed by atoms with Crippen molar-refractivity contribution in [3.05, 3.63) is 64.2 Å². The van der Waals surface area contributed by atoms with E-state index in [1.807, 2.05) is 32.1 Å². The predicted molar refractivity (Wildman–Crippen MR) is 159 cm³/mol. The third-order valence-corrected chi connectivity index (χ3v) is 7.67. The Balaban J connectivity index is 0.000000707. The summed E-state index contributed by atoms with van der Waals surface area (Å²) in [7, 11) is 6.00. The molecule has 1 fully saturated rings. The summed E-state index contributed by atoms with van der Waals surface area (Å²) >= 11 is 0.960. The van der Waals surface area contributed by atoms with E-state index in [-0.39, 0.29) is 22.6 Å². The van der Waals surface area contributed by atoms with E-state index in [0.29, 0.717) is 36.6 Å². The number of hydrogen-bond acceptors (Lipinski definition) is 10. The van der Waals surface area contributed by atoms with E-state index >= 15 is 0 Å². The van der Waals surface area contributed by atoms with Crippen LogP contribution in [0.5, 0.6) is 0 Å². The molecule has 1 aromatic carbocycles. The van der Waals surface area contributed by atoms with Gasteiger partial charge in [0.2, 0.25) is 5.78 Å². The van der Waals surface area contributed by atoms with Crippen LogP contribution in [0.15, 0.2) is 36.5 Å².